The summed E-state index contributed by atoms with van der Waals surface area (Å²) >= 11 is 5.84. The molecule has 0 spiro atoms. The van der Waals surface area contributed by atoms with Crippen molar-refractivity contribution in [2.75, 3.05) is 7.05 Å². The first-order chi connectivity index (χ1) is 9.13. The van der Waals surface area contributed by atoms with Crippen LogP contribution in [0.1, 0.15) is 16.2 Å². The number of rotatable bonds is 4. The van der Waals surface area contributed by atoms with Crippen molar-refractivity contribution >= 4 is 17.4 Å². The fourth-order valence-corrected chi connectivity index (χ4v) is 1.75. The van der Waals surface area contributed by atoms with Gasteiger partial charge in [-0.1, -0.05) is 16.8 Å². The molecule has 0 aliphatic rings. The zero-order valence-corrected chi connectivity index (χ0v) is 11.3. The molecule has 0 bridgehead atoms. The van der Waals surface area contributed by atoms with Gasteiger partial charge in [0.15, 0.2) is 5.69 Å². The SMILES string of the molecule is CN/C=C/C(=O)c1nnn(-c2ccc(Cl)cc2)c1C. The van der Waals surface area contributed by atoms with Crippen molar-refractivity contribution in [2.45, 2.75) is 6.92 Å². The molecule has 5 nitrogen and oxygen atoms in total. The summed E-state index contributed by atoms with van der Waals surface area (Å²) in [7, 11) is 1.72. The minimum Gasteiger partial charge on any atom is -0.394 e. The highest BCUT2D eigenvalue weighted by Crippen LogP contribution is 2.15. The number of ketones is 1. The minimum absolute atomic E-state index is 0.188. The molecule has 0 aliphatic heterocycles. The normalized spacial score (nSPS) is 10.9. The van der Waals surface area contributed by atoms with Crippen LogP contribution in [0.5, 0.6) is 0 Å². The van der Waals surface area contributed by atoms with E-state index in [1.54, 1.807) is 37.0 Å². The van der Waals surface area contributed by atoms with Crippen molar-refractivity contribution in [3.05, 3.63) is 53.0 Å². The monoisotopic (exact) mass is 276 g/mol. The molecule has 1 N–H and O–H groups in total. The number of carbonyl (C=O) groups is 1. The Hall–Kier alpha value is -2.14. The van der Waals surface area contributed by atoms with Crippen LogP contribution in [0.15, 0.2) is 36.5 Å². The zero-order chi connectivity index (χ0) is 13.8. The maximum Gasteiger partial charge on any atom is 0.209 e. The highest BCUT2D eigenvalue weighted by molar-refractivity contribution is 6.30. The lowest BCUT2D eigenvalue weighted by Crippen LogP contribution is -2.03. The average molecular weight is 277 g/mol. The van der Waals surface area contributed by atoms with Gasteiger partial charge in [0.2, 0.25) is 5.78 Å². The van der Waals surface area contributed by atoms with Crippen LogP contribution >= 0.6 is 11.6 Å². The summed E-state index contributed by atoms with van der Waals surface area (Å²) in [5.74, 6) is -0.188. The highest BCUT2D eigenvalue weighted by Gasteiger charge is 2.14. The van der Waals surface area contributed by atoms with Crippen molar-refractivity contribution in [3.8, 4) is 5.69 Å². The predicted molar refractivity (Wildman–Crippen MR) is 73.6 cm³/mol. The van der Waals surface area contributed by atoms with Gasteiger partial charge < -0.3 is 5.32 Å². The molecular weight excluding hydrogens is 264 g/mol. The maximum absolute atomic E-state index is 11.9. The standard InChI is InChI=1S/C13H13ClN4O/c1-9-13(12(19)7-8-15-2)16-17-18(9)11-5-3-10(14)4-6-11/h3-8,15H,1-2H3/b8-7+. The van der Waals surface area contributed by atoms with Gasteiger partial charge in [-0.2, -0.15) is 0 Å². The molecule has 0 amide bonds. The summed E-state index contributed by atoms with van der Waals surface area (Å²) in [4.78, 5) is 11.9. The van der Waals surface area contributed by atoms with E-state index in [2.05, 4.69) is 15.6 Å². The van der Waals surface area contributed by atoms with E-state index in [0.717, 1.165) is 5.69 Å². The van der Waals surface area contributed by atoms with E-state index in [1.807, 2.05) is 12.1 Å². The lowest BCUT2D eigenvalue weighted by atomic mass is 10.2. The molecule has 1 aromatic heterocycles. The lowest BCUT2D eigenvalue weighted by Gasteiger charge is -2.02. The number of hydrogen-bond donors (Lipinski definition) is 1. The number of benzene rings is 1. The maximum atomic E-state index is 11.9. The molecule has 0 aliphatic carbocycles. The van der Waals surface area contributed by atoms with Gasteiger partial charge in [-0.15, -0.1) is 5.10 Å². The average Bonchev–Trinajstić information content (AvgIpc) is 2.79. The Bertz CT molecular complexity index is 616. The number of halogens is 1. The van der Waals surface area contributed by atoms with Crippen LogP contribution in [0, 0.1) is 6.92 Å². The van der Waals surface area contributed by atoms with E-state index >= 15 is 0 Å². The molecule has 0 saturated carbocycles. The fraction of sp³-hybridized carbons (Fsp3) is 0.154. The number of nitrogens with one attached hydrogen (secondary N) is 1. The second kappa shape index (κ2) is 5.67. The molecule has 0 fully saturated rings. The predicted octanol–water partition coefficient (Wildman–Crippen LogP) is 2.14. The number of nitrogens with zero attached hydrogens (tertiary/aromatic N) is 3. The molecule has 19 heavy (non-hydrogen) atoms. The Morgan fingerprint density at radius 2 is 2.05 bits per heavy atom. The van der Waals surface area contributed by atoms with Crippen LogP contribution in [-0.4, -0.2) is 27.8 Å². The topological polar surface area (TPSA) is 59.8 Å². The minimum atomic E-state index is -0.188. The molecule has 2 aromatic rings. The third-order valence-corrected chi connectivity index (χ3v) is 2.85. The van der Waals surface area contributed by atoms with Crippen LogP contribution in [0.2, 0.25) is 5.02 Å². The summed E-state index contributed by atoms with van der Waals surface area (Å²) in [6.45, 7) is 1.80. The smallest absolute Gasteiger partial charge is 0.209 e. The van der Waals surface area contributed by atoms with Crippen molar-refractivity contribution < 1.29 is 4.79 Å². The molecule has 0 radical (unpaired) electrons. The largest absolute Gasteiger partial charge is 0.394 e. The van der Waals surface area contributed by atoms with Crippen LogP contribution in [0.3, 0.4) is 0 Å². The summed E-state index contributed by atoms with van der Waals surface area (Å²) in [5.41, 5.74) is 1.83. The van der Waals surface area contributed by atoms with Crippen molar-refractivity contribution in [2.24, 2.45) is 0 Å². The van der Waals surface area contributed by atoms with Gasteiger partial charge in [0.05, 0.1) is 11.4 Å². The van der Waals surface area contributed by atoms with Gasteiger partial charge in [0, 0.05) is 24.3 Å². The third-order valence-electron chi connectivity index (χ3n) is 2.60. The van der Waals surface area contributed by atoms with E-state index in [9.17, 15) is 4.79 Å². The number of allylic oxidation sites excluding steroid dienone is 1. The first kappa shape index (κ1) is 13.3. The van der Waals surface area contributed by atoms with Crippen molar-refractivity contribution in [1.29, 1.82) is 0 Å². The van der Waals surface area contributed by atoms with E-state index in [0.29, 0.717) is 16.4 Å². The van der Waals surface area contributed by atoms with Gasteiger partial charge in [-0.05, 0) is 31.2 Å². The molecule has 0 atom stereocenters. The molecule has 0 unspecified atom stereocenters. The number of aromatic nitrogens is 3. The quantitative estimate of drug-likeness (QED) is 0.687. The summed E-state index contributed by atoms with van der Waals surface area (Å²) in [5, 5.41) is 11.3. The lowest BCUT2D eigenvalue weighted by molar-refractivity contribution is 0.104. The first-order valence-electron chi connectivity index (χ1n) is 5.70. The molecule has 0 saturated heterocycles. The third kappa shape index (κ3) is 2.82. The molecule has 1 heterocycles. The molecule has 2 rings (SSSR count). The van der Waals surface area contributed by atoms with Gasteiger partial charge in [-0.25, -0.2) is 4.68 Å². The Kier molecular flexibility index (Phi) is 3.97. The molecule has 6 heteroatoms. The van der Waals surface area contributed by atoms with Crippen LogP contribution in [-0.2, 0) is 0 Å². The second-order valence-corrected chi connectivity index (χ2v) is 4.33. The Labute approximate surface area is 115 Å². The summed E-state index contributed by atoms with van der Waals surface area (Å²) in [6, 6.07) is 7.17. The van der Waals surface area contributed by atoms with Gasteiger partial charge in [0.1, 0.15) is 0 Å². The van der Waals surface area contributed by atoms with Crippen LogP contribution in [0.25, 0.3) is 5.69 Å². The summed E-state index contributed by atoms with van der Waals surface area (Å²) in [6.07, 6.45) is 2.98. The number of carbonyl (C=O) groups excluding carboxylic acids is 1. The fourth-order valence-electron chi connectivity index (χ4n) is 1.62. The number of hydrogen-bond acceptors (Lipinski definition) is 4. The van der Waals surface area contributed by atoms with E-state index in [4.69, 9.17) is 11.6 Å². The highest BCUT2D eigenvalue weighted by atomic mass is 35.5. The van der Waals surface area contributed by atoms with Gasteiger partial charge in [-0.3, -0.25) is 4.79 Å². The molecular formula is C13H13ClN4O. The molecule has 1 aromatic carbocycles. The van der Waals surface area contributed by atoms with Crippen molar-refractivity contribution in [3.63, 3.8) is 0 Å². The van der Waals surface area contributed by atoms with Crippen LogP contribution in [0.4, 0.5) is 0 Å². The van der Waals surface area contributed by atoms with E-state index < -0.39 is 0 Å². The second-order valence-electron chi connectivity index (χ2n) is 3.90. The first-order valence-corrected chi connectivity index (χ1v) is 6.07. The van der Waals surface area contributed by atoms with Gasteiger partial charge >= 0.3 is 0 Å². The molecule has 98 valence electrons. The Balaban J connectivity index is 2.35. The Morgan fingerprint density at radius 3 is 2.68 bits per heavy atom. The zero-order valence-electron chi connectivity index (χ0n) is 10.6. The van der Waals surface area contributed by atoms with Crippen molar-refractivity contribution in [1.82, 2.24) is 20.3 Å². The Morgan fingerprint density at radius 1 is 1.37 bits per heavy atom. The van der Waals surface area contributed by atoms with E-state index in [-0.39, 0.29) is 5.78 Å². The van der Waals surface area contributed by atoms with Crippen LogP contribution < -0.4 is 5.32 Å². The summed E-state index contributed by atoms with van der Waals surface area (Å²) < 4.78 is 1.61. The van der Waals surface area contributed by atoms with Gasteiger partial charge in [0.25, 0.3) is 0 Å². The van der Waals surface area contributed by atoms with E-state index in [1.165, 1.54) is 6.08 Å².